The third-order valence-corrected chi connectivity index (χ3v) is 4.21. The molecule has 0 bridgehead atoms. The maximum atomic E-state index is 11.7. The first-order chi connectivity index (χ1) is 7.90. The van der Waals surface area contributed by atoms with Crippen molar-refractivity contribution in [2.24, 2.45) is 0 Å². The highest BCUT2D eigenvalue weighted by Gasteiger charge is 2.13. The number of benzene rings is 1. The Labute approximate surface area is 103 Å². The van der Waals surface area contributed by atoms with Gasteiger partial charge in [0.15, 0.2) is 0 Å². The average Bonchev–Trinajstić information content (AvgIpc) is 2.31. The zero-order valence-electron chi connectivity index (χ0n) is 10.7. The minimum Gasteiger partial charge on any atom is -0.382 e. The minimum atomic E-state index is -3.37. The largest absolute Gasteiger partial charge is 0.382 e. The van der Waals surface area contributed by atoms with Crippen LogP contribution in [0.5, 0.6) is 0 Å². The lowest BCUT2D eigenvalue weighted by atomic mass is 10.1. The molecule has 0 aliphatic carbocycles. The van der Waals surface area contributed by atoms with Gasteiger partial charge in [-0.25, -0.2) is 13.1 Å². The number of hydrogen-bond donors (Lipinski definition) is 2. The number of rotatable bonds is 5. The van der Waals surface area contributed by atoms with E-state index in [1.807, 2.05) is 13.0 Å². The molecule has 17 heavy (non-hydrogen) atoms. The van der Waals surface area contributed by atoms with Crippen molar-refractivity contribution < 1.29 is 8.42 Å². The van der Waals surface area contributed by atoms with Crippen molar-refractivity contribution in [2.75, 3.05) is 12.4 Å². The molecule has 0 saturated heterocycles. The summed E-state index contributed by atoms with van der Waals surface area (Å²) in [5.74, 6) is 0. The van der Waals surface area contributed by atoms with E-state index in [4.69, 9.17) is 0 Å². The second kappa shape index (κ2) is 5.51. The van der Waals surface area contributed by atoms with Crippen molar-refractivity contribution in [3.8, 4) is 0 Å². The standard InChI is InChI=1S/C12H20N2O2S/c1-5-10(3)14-12-8-11(7-6-9(12)2)17(15,16)13-4/h6-8,10,13-14H,5H2,1-4H3. The second-order valence-electron chi connectivity index (χ2n) is 4.14. The van der Waals surface area contributed by atoms with Crippen LogP contribution in [0.2, 0.25) is 0 Å². The maximum absolute atomic E-state index is 11.7. The molecule has 4 nitrogen and oxygen atoms in total. The molecule has 0 spiro atoms. The summed E-state index contributed by atoms with van der Waals surface area (Å²) in [4.78, 5) is 0.288. The molecule has 0 amide bonds. The normalized spacial score (nSPS) is 13.4. The fourth-order valence-electron chi connectivity index (χ4n) is 1.41. The molecule has 0 heterocycles. The lowest BCUT2D eigenvalue weighted by Crippen LogP contribution is -2.19. The van der Waals surface area contributed by atoms with Crippen molar-refractivity contribution in [1.82, 2.24) is 4.72 Å². The van der Waals surface area contributed by atoms with E-state index < -0.39 is 10.0 Å². The van der Waals surface area contributed by atoms with E-state index in [2.05, 4.69) is 23.9 Å². The number of hydrogen-bond acceptors (Lipinski definition) is 3. The zero-order chi connectivity index (χ0) is 13.1. The predicted octanol–water partition coefficient (Wildman–Crippen LogP) is 2.11. The van der Waals surface area contributed by atoms with E-state index in [1.54, 1.807) is 12.1 Å². The van der Waals surface area contributed by atoms with Crippen molar-refractivity contribution in [1.29, 1.82) is 0 Å². The molecule has 1 aromatic rings. The monoisotopic (exact) mass is 256 g/mol. The van der Waals surface area contributed by atoms with Gasteiger partial charge >= 0.3 is 0 Å². The van der Waals surface area contributed by atoms with E-state index in [0.717, 1.165) is 17.7 Å². The summed E-state index contributed by atoms with van der Waals surface area (Å²) in [6.45, 7) is 6.11. The van der Waals surface area contributed by atoms with Gasteiger partial charge in [0.1, 0.15) is 0 Å². The highest BCUT2D eigenvalue weighted by molar-refractivity contribution is 7.89. The Balaban J connectivity index is 3.11. The zero-order valence-corrected chi connectivity index (χ0v) is 11.6. The highest BCUT2D eigenvalue weighted by Crippen LogP contribution is 2.21. The average molecular weight is 256 g/mol. The molecule has 5 heteroatoms. The molecular weight excluding hydrogens is 236 g/mol. The van der Waals surface area contributed by atoms with E-state index in [0.29, 0.717) is 6.04 Å². The summed E-state index contributed by atoms with van der Waals surface area (Å²) < 4.78 is 25.7. The number of sulfonamides is 1. The molecule has 0 saturated carbocycles. The molecule has 0 radical (unpaired) electrons. The van der Waals surface area contributed by atoms with E-state index >= 15 is 0 Å². The van der Waals surface area contributed by atoms with Gasteiger partial charge < -0.3 is 5.32 Å². The van der Waals surface area contributed by atoms with Crippen molar-refractivity contribution in [3.05, 3.63) is 23.8 Å². The number of anilines is 1. The van der Waals surface area contributed by atoms with Crippen LogP contribution in [-0.2, 0) is 10.0 Å². The molecule has 1 unspecified atom stereocenters. The quantitative estimate of drug-likeness (QED) is 0.848. The summed E-state index contributed by atoms with van der Waals surface area (Å²) in [6, 6.07) is 5.42. The summed E-state index contributed by atoms with van der Waals surface area (Å²) in [6.07, 6.45) is 0.989. The van der Waals surface area contributed by atoms with Crippen LogP contribution in [-0.4, -0.2) is 21.5 Å². The number of nitrogens with one attached hydrogen (secondary N) is 2. The van der Waals surface area contributed by atoms with Gasteiger partial charge in [-0.3, -0.25) is 0 Å². The summed E-state index contributed by atoms with van der Waals surface area (Å²) in [5.41, 5.74) is 1.91. The first kappa shape index (κ1) is 14.0. The van der Waals surface area contributed by atoms with Crippen LogP contribution < -0.4 is 10.0 Å². The van der Waals surface area contributed by atoms with Crippen LogP contribution in [0.25, 0.3) is 0 Å². The first-order valence-corrected chi connectivity index (χ1v) is 7.19. The topological polar surface area (TPSA) is 58.2 Å². The van der Waals surface area contributed by atoms with Gasteiger partial charge in [-0.2, -0.15) is 0 Å². The van der Waals surface area contributed by atoms with Crippen LogP contribution in [0.1, 0.15) is 25.8 Å². The Morgan fingerprint density at radius 1 is 1.35 bits per heavy atom. The van der Waals surface area contributed by atoms with Gasteiger partial charge in [-0.15, -0.1) is 0 Å². The Kier molecular flexibility index (Phi) is 4.54. The summed E-state index contributed by atoms with van der Waals surface area (Å²) >= 11 is 0. The van der Waals surface area contributed by atoms with E-state index in [9.17, 15) is 8.42 Å². The lowest BCUT2D eigenvalue weighted by Gasteiger charge is -2.16. The Morgan fingerprint density at radius 3 is 2.53 bits per heavy atom. The van der Waals surface area contributed by atoms with E-state index in [1.165, 1.54) is 7.05 Å². The second-order valence-corrected chi connectivity index (χ2v) is 6.02. The summed E-state index contributed by atoms with van der Waals surface area (Å²) in [5, 5.41) is 3.30. The van der Waals surface area contributed by atoms with Crippen LogP contribution in [0.4, 0.5) is 5.69 Å². The predicted molar refractivity (Wildman–Crippen MR) is 70.8 cm³/mol. The minimum absolute atomic E-state index is 0.288. The van der Waals surface area contributed by atoms with Crippen molar-refractivity contribution in [2.45, 2.75) is 38.1 Å². The first-order valence-electron chi connectivity index (χ1n) is 5.71. The third-order valence-electron chi connectivity index (χ3n) is 2.80. The molecule has 1 rings (SSSR count). The van der Waals surface area contributed by atoms with E-state index in [-0.39, 0.29) is 4.90 Å². The van der Waals surface area contributed by atoms with Gasteiger partial charge in [0.05, 0.1) is 4.90 Å². The van der Waals surface area contributed by atoms with Crippen LogP contribution in [0, 0.1) is 6.92 Å². The van der Waals surface area contributed by atoms with Crippen LogP contribution in [0.3, 0.4) is 0 Å². The Hall–Kier alpha value is -1.07. The fourth-order valence-corrected chi connectivity index (χ4v) is 2.17. The fraction of sp³-hybridized carbons (Fsp3) is 0.500. The van der Waals surface area contributed by atoms with Gasteiger partial charge in [-0.05, 0) is 45.0 Å². The third kappa shape index (κ3) is 3.44. The highest BCUT2D eigenvalue weighted by atomic mass is 32.2. The smallest absolute Gasteiger partial charge is 0.240 e. The lowest BCUT2D eigenvalue weighted by molar-refractivity contribution is 0.588. The molecule has 1 aromatic carbocycles. The Morgan fingerprint density at radius 2 is 2.00 bits per heavy atom. The molecule has 0 aliphatic rings. The van der Waals surface area contributed by atoms with Crippen LogP contribution >= 0.6 is 0 Å². The maximum Gasteiger partial charge on any atom is 0.240 e. The van der Waals surface area contributed by atoms with Crippen molar-refractivity contribution in [3.63, 3.8) is 0 Å². The Bertz CT molecular complexity index is 483. The SMILES string of the molecule is CCC(C)Nc1cc(S(=O)(=O)NC)ccc1C. The van der Waals surface area contributed by atoms with Gasteiger partial charge in [0, 0.05) is 11.7 Å². The molecule has 0 aromatic heterocycles. The molecule has 1 atom stereocenters. The molecule has 2 N–H and O–H groups in total. The molecule has 96 valence electrons. The van der Waals surface area contributed by atoms with Gasteiger partial charge in [0.2, 0.25) is 10.0 Å². The molecule has 0 fully saturated rings. The van der Waals surface area contributed by atoms with Crippen molar-refractivity contribution >= 4 is 15.7 Å². The summed E-state index contributed by atoms with van der Waals surface area (Å²) in [7, 11) is -1.96. The van der Waals surface area contributed by atoms with Crippen LogP contribution in [0.15, 0.2) is 23.1 Å². The number of aryl methyl sites for hydroxylation is 1. The molecular formula is C12H20N2O2S. The molecule has 0 aliphatic heterocycles. The van der Waals surface area contributed by atoms with Gasteiger partial charge in [-0.1, -0.05) is 13.0 Å². The van der Waals surface area contributed by atoms with Gasteiger partial charge in [0.25, 0.3) is 0 Å².